The number of hydrogen-bond donors (Lipinski definition) is 1. The normalized spacial score (nSPS) is 10.6. The largest absolute Gasteiger partial charge is 0.316 e. The van der Waals surface area contributed by atoms with Crippen molar-refractivity contribution in [3.8, 4) is 0 Å². The average Bonchev–Trinajstić information content (AvgIpc) is 2.51. The van der Waals surface area contributed by atoms with Crippen LogP contribution in [0.3, 0.4) is 0 Å². The lowest BCUT2D eigenvalue weighted by molar-refractivity contribution is 0.707. The fraction of sp³-hybridized carbons (Fsp3) is 0.750. The van der Waals surface area contributed by atoms with Gasteiger partial charge in [-0.2, -0.15) is 0 Å². The first-order chi connectivity index (χ1) is 6.33. The highest BCUT2D eigenvalue weighted by Gasteiger charge is 1.99. The summed E-state index contributed by atoms with van der Waals surface area (Å²) in [6.07, 6.45) is 1.20. The number of thioether (sulfide) groups is 1. The first kappa shape index (κ1) is 10.9. The number of nitrogens with one attached hydrogen (secondary N) is 1. The fourth-order valence-electron chi connectivity index (χ4n) is 0.849. The Hall–Kier alpha value is -0.130. The van der Waals surface area contributed by atoms with E-state index in [0.29, 0.717) is 0 Å². The standard InChI is InChI=1S/C8H15N3S2/c1-3-4-9-5-6-12-8-11-10-7(2)13-8/h9H,3-6H2,1-2H3. The first-order valence-electron chi connectivity index (χ1n) is 4.46. The summed E-state index contributed by atoms with van der Waals surface area (Å²) in [5.74, 6) is 1.08. The van der Waals surface area contributed by atoms with Crippen LogP contribution in [0, 0.1) is 6.92 Å². The first-order valence-corrected chi connectivity index (χ1v) is 6.26. The average molecular weight is 217 g/mol. The number of aromatic nitrogens is 2. The summed E-state index contributed by atoms with van der Waals surface area (Å²) < 4.78 is 1.08. The van der Waals surface area contributed by atoms with Crippen molar-refractivity contribution in [3.63, 3.8) is 0 Å². The van der Waals surface area contributed by atoms with Crippen molar-refractivity contribution in [2.24, 2.45) is 0 Å². The van der Waals surface area contributed by atoms with Gasteiger partial charge in [-0.15, -0.1) is 10.2 Å². The molecule has 13 heavy (non-hydrogen) atoms. The van der Waals surface area contributed by atoms with Gasteiger partial charge in [-0.1, -0.05) is 30.0 Å². The summed E-state index contributed by atoms with van der Waals surface area (Å²) in [6, 6.07) is 0. The Balaban J connectivity index is 2.06. The minimum Gasteiger partial charge on any atom is -0.316 e. The van der Waals surface area contributed by atoms with Gasteiger partial charge >= 0.3 is 0 Å². The Bertz CT molecular complexity index is 237. The summed E-state index contributed by atoms with van der Waals surface area (Å²) in [4.78, 5) is 0. The molecule has 0 saturated carbocycles. The van der Waals surface area contributed by atoms with E-state index in [1.165, 1.54) is 6.42 Å². The third kappa shape index (κ3) is 4.59. The highest BCUT2D eigenvalue weighted by molar-refractivity contribution is 8.01. The van der Waals surface area contributed by atoms with Gasteiger partial charge in [-0.25, -0.2) is 0 Å². The number of hydrogen-bond acceptors (Lipinski definition) is 5. The van der Waals surface area contributed by atoms with Crippen molar-refractivity contribution in [1.82, 2.24) is 15.5 Å². The van der Waals surface area contributed by atoms with Crippen LogP contribution in [0.4, 0.5) is 0 Å². The van der Waals surface area contributed by atoms with E-state index in [0.717, 1.165) is 28.2 Å². The van der Waals surface area contributed by atoms with Crippen LogP contribution in [0.15, 0.2) is 4.34 Å². The molecule has 1 aromatic rings. The molecule has 0 atom stereocenters. The van der Waals surface area contributed by atoms with Gasteiger partial charge < -0.3 is 5.32 Å². The third-order valence-electron chi connectivity index (χ3n) is 1.44. The van der Waals surface area contributed by atoms with Gasteiger partial charge in [0.2, 0.25) is 0 Å². The molecule has 1 heterocycles. The van der Waals surface area contributed by atoms with Crippen molar-refractivity contribution < 1.29 is 0 Å². The maximum absolute atomic E-state index is 4.04. The molecular formula is C8H15N3S2. The van der Waals surface area contributed by atoms with Gasteiger partial charge in [-0.3, -0.25) is 0 Å². The van der Waals surface area contributed by atoms with Crippen LogP contribution in [0.25, 0.3) is 0 Å². The highest BCUT2D eigenvalue weighted by atomic mass is 32.2. The highest BCUT2D eigenvalue weighted by Crippen LogP contribution is 2.20. The second kappa shape index (κ2) is 6.34. The molecule has 0 aromatic carbocycles. The zero-order valence-electron chi connectivity index (χ0n) is 8.04. The van der Waals surface area contributed by atoms with Crippen molar-refractivity contribution in [2.45, 2.75) is 24.6 Å². The quantitative estimate of drug-likeness (QED) is 0.584. The second-order valence-electron chi connectivity index (χ2n) is 2.69. The summed E-state index contributed by atoms with van der Waals surface area (Å²) in [6.45, 7) is 6.32. The van der Waals surface area contributed by atoms with E-state index in [9.17, 15) is 0 Å². The Morgan fingerprint density at radius 2 is 2.23 bits per heavy atom. The Morgan fingerprint density at radius 1 is 1.38 bits per heavy atom. The van der Waals surface area contributed by atoms with Crippen molar-refractivity contribution in [1.29, 1.82) is 0 Å². The van der Waals surface area contributed by atoms with E-state index < -0.39 is 0 Å². The Labute approximate surface area is 87.3 Å². The molecule has 0 aliphatic heterocycles. The zero-order chi connectivity index (χ0) is 9.52. The van der Waals surface area contributed by atoms with E-state index in [2.05, 4.69) is 22.4 Å². The van der Waals surface area contributed by atoms with Crippen LogP contribution in [-0.4, -0.2) is 29.0 Å². The molecule has 0 fully saturated rings. The van der Waals surface area contributed by atoms with Crippen molar-refractivity contribution in [3.05, 3.63) is 5.01 Å². The van der Waals surface area contributed by atoms with Gasteiger partial charge in [0.1, 0.15) is 5.01 Å². The molecule has 1 rings (SSSR count). The van der Waals surface area contributed by atoms with Crippen LogP contribution >= 0.6 is 23.1 Å². The lowest BCUT2D eigenvalue weighted by Crippen LogP contribution is -2.17. The van der Waals surface area contributed by atoms with Crippen LogP contribution in [0.2, 0.25) is 0 Å². The maximum Gasteiger partial charge on any atom is 0.174 e. The number of aryl methyl sites for hydroxylation is 1. The van der Waals surface area contributed by atoms with E-state index in [4.69, 9.17) is 0 Å². The van der Waals surface area contributed by atoms with Crippen LogP contribution in [0.5, 0.6) is 0 Å². The molecule has 1 N–H and O–H groups in total. The van der Waals surface area contributed by atoms with E-state index in [-0.39, 0.29) is 0 Å². The van der Waals surface area contributed by atoms with Crippen molar-refractivity contribution >= 4 is 23.1 Å². The second-order valence-corrected chi connectivity index (χ2v) is 5.21. The van der Waals surface area contributed by atoms with Crippen LogP contribution in [0.1, 0.15) is 18.4 Å². The molecule has 0 radical (unpaired) electrons. The number of rotatable bonds is 6. The lowest BCUT2D eigenvalue weighted by Gasteiger charge is -1.99. The molecule has 0 amide bonds. The lowest BCUT2D eigenvalue weighted by atomic mass is 10.5. The smallest absolute Gasteiger partial charge is 0.174 e. The Morgan fingerprint density at radius 3 is 2.85 bits per heavy atom. The third-order valence-corrected chi connectivity index (χ3v) is 3.41. The van der Waals surface area contributed by atoms with Crippen LogP contribution in [-0.2, 0) is 0 Å². The molecule has 0 saturated heterocycles. The minimum atomic E-state index is 1.05. The molecule has 0 unspecified atom stereocenters. The molecular weight excluding hydrogens is 202 g/mol. The summed E-state index contributed by atoms with van der Waals surface area (Å²) >= 11 is 3.44. The number of nitrogens with zero attached hydrogens (tertiary/aromatic N) is 2. The fourth-order valence-corrected chi connectivity index (χ4v) is 2.63. The van der Waals surface area contributed by atoms with Gasteiger partial charge in [0.25, 0.3) is 0 Å². The van der Waals surface area contributed by atoms with Gasteiger partial charge in [0.15, 0.2) is 4.34 Å². The molecule has 1 aromatic heterocycles. The monoisotopic (exact) mass is 217 g/mol. The molecule has 0 aliphatic carbocycles. The summed E-state index contributed by atoms with van der Waals surface area (Å²) in [7, 11) is 0. The van der Waals surface area contributed by atoms with Gasteiger partial charge in [0, 0.05) is 12.3 Å². The summed E-state index contributed by atoms with van der Waals surface area (Å²) in [5, 5.41) is 12.4. The molecule has 0 bridgehead atoms. The predicted molar refractivity (Wildman–Crippen MR) is 58.5 cm³/mol. The maximum atomic E-state index is 4.04. The predicted octanol–water partition coefficient (Wildman–Crippen LogP) is 1.94. The van der Waals surface area contributed by atoms with Gasteiger partial charge in [-0.05, 0) is 19.9 Å². The topological polar surface area (TPSA) is 37.8 Å². The molecule has 0 aliphatic rings. The Kier molecular flexibility index (Phi) is 5.34. The van der Waals surface area contributed by atoms with Crippen molar-refractivity contribution in [2.75, 3.05) is 18.8 Å². The molecule has 5 heteroatoms. The minimum absolute atomic E-state index is 1.05. The molecule has 74 valence electrons. The SMILES string of the molecule is CCCNCCSc1nnc(C)s1. The van der Waals surface area contributed by atoms with E-state index in [1.54, 1.807) is 23.1 Å². The van der Waals surface area contributed by atoms with Gasteiger partial charge in [0.05, 0.1) is 0 Å². The molecule has 3 nitrogen and oxygen atoms in total. The zero-order valence-corrected chi connectivity index (χ0v) is 9.67. The molecule has 0 spiro atoms. The van der Waals surface area contributed by atoms with Crippen LogP contribution < -0.4 is 5.32 Å². The van der Waals surface area contributed by atoms with E-state index >= 15 is 0 Å². The summed E-state index contributed by atoms with van der Waals surface area (Å²) in [5.41, 5.74) is 0. The van der Waals surface area contributed by atoms with E-state index in [1.807, 2.05) is 6.92 Å².